The molecule has 136 valence electrons. The summed E-state index contributed by atoms with van der Waals surface area (Å²) in [6.45, 7) is 0.894. The predicted molar refractivity (Wildman–Crippen MR) is 80.1 cm³/mol. The van der Waals surface area contributed by atoms with Gasteiger partial charge in [-0.1, -0.05) is 5.76 Å². The number of rotatable bonds is 4. The van der Waals surface area contributed by atoms with E-state index in [0.29, 0.717) is 12.3 Å². The van der Waals surface area contributed by atoms with Crippen molar-refractivity contribution < 1.29 is 37.0 Å². The second-order valence-corrected chi connectivity index (χ2v) is 5.06. The number of hydrogen-bond acceptors (Lipinski definition) is 3. The zero-order chi connectivity index (χ0) is 19.6. The van der Waals surface area contributed by atoms with Gasteiger partial charge in [0, 0.05) is 23.9 Å². The minimum absolute atomic E-state index is 0.103. The minimum Gasteiger partial charge on any atom is -0.871 e. The number of aliphatic carboxylic acids is 1. The molecule has 0 bridgehead atoms. The Labute approximate surface area is 143 Å². The molecular formula is C17H9F5NO3-. The van der Waals surface area contributed by atoms with Gasteiger partial charge in [0.05, 0.1) is 11.3 Å². The molecule has 2 aromatic carbocycles. The number of hydrogen-bond donors (Lipinski definition) is 1. The molecule has 0 aliphatic heterocycles. The van der Waals surface area contributed by atoms with Gasteiger partial charge >= 0.3 is 5.97 Å². The van der Waals surface area contributed by atoms with Gasteiger partial charge in [0.1, 0.15) is 11.6 Å². The minimum atomic E-state index is -1.86. The second kappa shape index (κ2) is 7.34. The van der Waals surface area contributed by atoms with Crippen molar-refractivity contribution in [2.75, 3.05) is 0 Å². The van der Waals surface area contributed by atoms with E-state index in [4.69, 9.17) is 5.11 Å². The van der Waals surface area contributed by atoms with Crippen LogP contribution < -0.4 is 5.11 Å². The number of halogens is 5. The molecule has 2 aromatic rings. The maximum atomic E-state index is 13.9. The van der Waals surface area contributed by atoms with Crippen LogP contribution in [-0.2, 0) is 4.79 Å². The summed E-state index contributed by atoms with van der Waals surface area (Å²) in [5.74, 6) is -9.90. The Morgan fingerprint density at radius 2 is 1.73 bits per heavy atom. The molecule has 0 saturated heterocycles. The summed E-state index contributed by atoms with van der Waals surface area (Å²) in [6.07, 6.45) is 0.418. The molecule has 2 rings (SSSR count). The topological polar surface area (TPSA) is 72.7 Å². The number of carboxylic acid groups (broad SMARTS) is 1. The van der Waals surface area contributed by atoms with Crippen LogP contribution >= 0.6 is 0 Å². The van der Waals surface area contributed by atoms with Crippen molar-refractivity contribution in [3.8, 4) is 0 Å². The standard InChI is InChI=1S/C17H10F5NO3/c1-7-14(11(20)5-12(21)15(7)22)16(24)9(17(25)26)6-23-13-3-2-8(18)4-10(13)19/h2-6,24H,1H3,(H,25,26)/p-1/b16-9+,23-6?. The molecule has 0 amide bonds. The Morgan fingerprint density at radius 3 is 2.31 bits per heavy atom. The molecule has 0 atom stereocenters. The van der Waals surface area contributed by atoms with E-state index in [1.54, 1.807) is 0 Å². The highest BCUT2D eigenvalue weighted by Gasteiger charge is 2.18. The highest BCUT2D eigenvalue weighted by Crippen LogP contribution is 2.26. The summed E-state index contributed by atoms with van der Waals surface area (Å²) >= 11 is 0. The quantitative estimate of drug-likeness (QED) is 0.295. The first-order valence-electron chi connectivity index (χ1n) is 6.91. The highest BCUT2D eigenvalue weighted by molar-refractivity contribution is 6.14. The van der Waals surface area contributed by atoms with E-state index in [0.717, 1.165) is 19.1 Å². The van der Waals surface area contributed by atoms with Crippen molar-refractivity contribution in [1.82, 2.24) is 0 Å². The SMILES string of the molecule is Cc1c(F)c(F)cc(F)c1/C([O-])=C(/C=Nc1ccc(F)cc1F)C(=O)O. The van der Waals surface area contributed by atoms with Crippen LogP contribution in [0.25, 0.3) is 5.76 Å². The molecule has 1 N–H and O–H groups in total. The molecule has 26 heavy (non-hydrogen) atoms. The van der Waals surface area contributed by atoms with Gasteiger partial charge in [0.15, 0.2) is 17.5 Å². The van der Waals surface area contributed by atoms with Gasteiger partial charge in [0.2, 0.25) is 0 Å². The van der Waals surface area contributed by atoms with Crippen molar-refractivity contribution in [2.45, 2.75) is 6.92 Å². The van der Waals surface area contributed by atoms with E-state index in [2.05, 4.69) is 4.99 Å². The highest BCUT2D eigenvalue weighted by atomic mass is 19.2. The van der Waals surface area contributed by atoms with E-state index in [1.165, 1.54) is 0 Å². The van der Waals surface area contributed by atoms with Gasteiger partial charge in [-0.05, 0) is 24.6 Å². The fourth-order valence-corrected chi connectivity index (χ4v) is 2.06. The first-order chi connectivity index (χ1) is 12.1. The van der Waals surface area contributed by atoms with Crippen LogP contribution in [0.2, 0.25) is 0 Å². The molecule has 9 heteroatoms. The van der Waals surface area contributed by atoms with Crippen molar-refractivity contribution in [1.29, 1.82) is 0 Å². The average molecular weight is 370 g/mol. The number of carboxylic acids is 1. The Morgan fingerprint density at radius 1 is 1.08 bits per heavy atom. The van der Waals surface area contributed by atoms with Crippen LogP contribution in [0, 0.1) is 36.0 Å². The third kappa shape index (κ3) is 3.71. The fourth-order valence-electron chi connectivity index (χ4n) is 2.06. The molecule has 4 nitrogen and oxygen atoms in total. The monoisotopic (exact) mass is 370 g/mol. The van der Waals surface area contributed by atoms with E-state index < -0.39 is 63.2 Å². The summed E-state index contributed by atoms with van der Waals surface area (Å²) in [6, 6.07) is 2.31. The van der Waals surface area contributed by atoms with Crippen LogP contribution in [0.4, 0.5) is 27.6 Å². The first-order valence-corrected chi connectivity index (χ1v) is 6.91. The van der Waals surface area contributed by atoms with Crippen LogP contribution in [0.15, 0.2) is 34.8 Å². The Balaban J connectivity index is 2.61. The molecule has 0 radical (unpaired) electrons. The van der Waals surface area contributed by atoms with E-state index >= 15 is 0 Å². The largest absolute Gasteiger partial charge is 0.871 e. The molecule has 0 aliphatic carbocycles. The van der Waals surface area contributed by atoms with Gasteiger partial charge in [-0.2, -0.15) is 0 Å². The van der Waals surface area contributed by atoms with Crippen LogP contribution in [0.5, 0.6) is 0 Å². The smallest absolute Gasteiger partial charge is 0.336 e. The lowest BCUT2D eigenvalue weighted by Crippen LogP contribution is -2.17. The molecule has 0 heterocycles. The van der Waals surface area contributed by atoms with Crippen LogP contribution in [-0.4, -0.2) is 17.3 Å². The number of aliphatic imine (C=N–C) groups is 1. The normalized spacial score (nSPS) is 12.4. The van der Waals surface area contributed by atoms with Gasteiger partial charge in [-0.25, -0.2) is 26.7 Å². The number of carbonyl (C=O) groups is 1. The van der Waals surface area contributed by atoms with Crippen molar-refractivity contribution in [3.05, 3.63) is 70.1 Å². The predicted octanol–water partition coefficient (Wildman–Crippen LogP) is 3.25. The van der Waals surface area contributed by atoms with Gasteiger partial charge in [0.25, 0.3) is 0 Å². The lowest BCUT2D eigenvalue weighted by atomic mass is 10.0. The molecule has 0 fully saturated rings. The van der Waals surface area contributed by atoms with Crippen molar-refractivity contribution in [2.24, 2.45) is 4.99 Å². The molecule has 0 unspecified atom stereocenters. The first kappa shape index (κ1) is 19.1. The molecule has 0 saturated carbocycles. The third-order valence-corrected chi connectivity index (χ3v) is 3.35. The second-order valence-electron chi connectivity index (χ2n) is 5.06. The zero-order valence-corrected chi connectivity index (χ0v) is 13.0. The van der Waals surface area contributed by atoms with E-state index in [1.807, 2.05) is 0 Å². The Kier molecular flexibility index (Phi) is 5.39. The van der Waals surface area contributed by atoms with Crippen LogP contribution in [0.3, 0.4) is 0 Å². The molecule has 0 spiro atoms. The number of nitrogens with zero attached hydrogens (tertiary/aromatic N) is 1. The average Bonchev–Trinajstić information content (AvgIpc) is 2.54. The molecule has 0 aliphatic rings. The van der Waals surface area contributed by atoms with E-state index in [9.17, 15) is 31.9 Å². The van der Waals surface area contributed by atoms with Crippen LogP contribution in [0.1, 0.15) is 11.1 Å². The third-order valence-electron chi connectivity index (χ3n) is 3.35. The lowest BCUT2D eigenvalue weighted by Gasteiger charge is -2.18. The van der Waals surface area contributed by atoms with Gasteiger partial charge in [-0.15, -0.1) is 0 Å². The zero-order valence-electron chi connectivity index (χ0n) is 13.0. The fraction of sp³-hybridized carbons (Fsp3) is 0.0588. The molecule has 0 aromatic heterocycles. The summed E-state index contributed by atoms with van der Waals surface area (Å²) in [5.41, 5.74) is -3.33. The maximum absolute atomic E-state index is 13.9. The van der Waals surface area contributed by atoms with Gasteiger partial charge in [-0.3, -0.25) is 4.99 Å². The van der Waals surface area contributed by atoms with Crippen molar-refractivity contribution in [3.63, 3.8) is 0 Å². The summed E-state index contributed by atoms with van der Waals surface area (Å²) in [5, 5.41) is 21.4. The van der Waals surface area contributed by atoms with E-state index in [-0.39, 0.29) is 6.07 Å². The summed E-state index contributed by atoms with van der Waals surface area (Å²) in [4.78, 5) is 14.7. The number of benzene rings is 2. The summed E-state index contributed by atoms with van der Waals surface area (Å²) in [7, 11) is 0. The molecular weight excluding hydrogens is 361 g/mol. The Bertz CT molecular complexity index is 954. The maximum Gasteiger partial charge on any atom is 0.336 e. The van der Waals surface area contributed by atoms with Crippen molar-refractivity contribution >= 4 is 23.6 Å². The summed E-state index contributed by atoms with van der Waals surface area (Å²) < 4.78 is 66.9. The Hall–Kier alpha value is -3.23. The lowest BCUT2D eigenvalue weighted by molar-refractivity contribution is -0.245. The van der Waals surface area contributed by atoms with Gasteiger partial charge < -0.3 is 10.2 Å².